The summed E-state index contributed by atoms with van der Waals surface area (Å²) in [6, 6.07) is 5.33. The van der Waals surface area contributed by atoms with Crippen LogP contribution in [0.5, 0.6) is 11.5 Å². The third-order valence-electron chi connectivity index (χ3n) is 5.16. The number of benzene rings is 1. The quantitative estimate of drug-likeness (QED) is 0.730. The number of carbonyl (C=O) groups is 2. The third-order valence-corrected chi connectivity index (χ3v) is 5.16. The molecule has 0 aromatic heterocycles. The van der Waals surface area contributed by atoms with Crippen molar-refractivity contribution in [3.63, 3.8) is 0 Å². The van der Waals surface area contributed by atoms with Gasteiger partial charge in [0.15, 0.2) is 0 Å². The fraction of sp³-hybridized carbons (Fsp3) is 0.579. The average molecular weight is 398 g/mol. The highest BCUT2D eigenvalue weighted by Gasteiger charge is 2.35. The highest BCUT2D eigenvalue weighted by atomic mass is 35.5. The number of ether oxygens (including phenoxy) is 2. The van der Waals surface area contributed by atoms with Gasteiger partial charge in [0.05, 0.1) is 25.8 Å². The molecule has 2 saturated heterocycles. The summed E-state index contributed by atoms with van der Waals surface area (Å²) in [4.78, 5) is 26.5. The number of anilines is 1. The molecule has 8 heteroatoms. The lowest BCUT2D eigenvalue weighted by Gasteiger charge is -2.18. The molecule has 2 fully saturated rings. The number of carbonyl (C=O) groups excluding carboxylic acids is 2. The highest BCUT2D eigenvalue weighted by molar-refractivity contribution is 6.00. The maximum absolute atomic E-state index is 12.4. The fourth-order valence-corrected chi connectivity index (χ4v) is 3.59. The molecule has 2 heterocycles. The topological polar surface area (TPSA) is 79.9 Å². The number of nitrogens with zero attached hydrogens (tertiary/aromatic N) is 1. The van der Waals surface area contributed by atoms with E-state index in [1.807, 2.05) is 0 Å². The molecule has 0 bridgehead atoms. The Balaban J connectivity index is 0.00000261. The molecule has 2 atom stereocenters. The van der Waals surface area contributed by atoms with E-state index >= 15 is 0 Å². The zero-order valence-corrected chi connectivity index (χ0v) is 16.6. The van der Waals surface area contributed by atoms with E-state index in [0.717, 1.165) is 19.5 Å². The zero-order chi connectivity index (χ0) is 18.5. The second-order valence-electron chi connectivity index (χ2n) is 6.91. The molecule has 2 N–H and O–H groups in total. The Morgan fingerprint density at radius 2 is 1.96 bits per heavy atom. The number of rotatable bonds is 7. The van der Waals surface area contributed by atoms with Crippen molar-refractivity contribution >= 4 is 29.9 Å². The first kappa shape index (κ1) is 21.3. The van der Waals surface area contributed by atoms with E-state index in [1.54, 1.807) is 37.3 Å². The van der Waals surface area contributed by atoms with E-state index < -0.39 is 0 Å². The Bertz CT molecular complexity index is 642. The summed E-state index contributed by atoms with van der Waals surface area (Å²) < 4.78 is 10.5. The van der Waals surface area contributed by atoms with Crippen LogP contribution < -0.4 is 25.0 Å². The number of halogens is 1. The predicted octanol–water partition coefficient (Wildman–Crippen LogP) is 1.59. The smallest absolute Gasteiger partial charge is 0.227 e. The van der Waals surface area contributed by atoms with Gasteiger partial charge in [-0.25, -0.2) is 0 Å². The monoisotopic (exact) mass is 397 g/mol. The molecule has 3 rings (SSSR count). The van der Waals surface area contributed by atoms with E-state index in [4.69, 9.17) is 9.47 Å². The summed E-state index contributed by atoms with van der Waals surface area (Å²) in [6.45, 7) is 3.15. The molecule has 2 unspecified atom stereocenters. The van der Waals surface area contributed by atoms with Crippen molar-refractivity contribution in [2.45, 2.75) is 19.3 Å². The Labute approximate surface area is 166 Å². The molecule has 1 aromatic rings. The van der Waals surface area contributed by atoms with Gasteiger partial charge in [-0.2, -0.15) is 0 Å². The maximum Gasteiger partial charge on any atom is 0.227 e. The van der Waals surface area contributed by atoms with Crippen LogP contribution in [0.15, 0.2) is 18.2 Å². The second-order valence-corrected chi connectivity index (χ2v) is 6.91. The van der Waals surface area contributed by atoms with Gasteiger partial charge in [-0.15, -0.1) is 12.4 Å². The van der Waals surface area contributed by atoms with Gasteiger partial charge in [0, 0.05) is 37.7 Å². The van der Waals surface area contributed by atoms with Gasteiger partial charge in [0.25, 0.3) is 0 Å². The van der Waals surface area contributed by atoms with Crippen molar-refractivity contribution in [2.24, 2.45) is 11.8 Å². The Morgan fingerprint density at radius 1 is 1.26 bits per heavy atom. The molecule has 7 nitrogen and oxygen atoms in total. The maximum atomic E-state index is 12.4. The third kappa shape index (κ3) is 5.26. The number of nitrogens with one attached hydrogen (secondary N) is 2. The van der Waals surface area contributed by atoms with Crippen molar-refractivity contribution < 1.29 is 19.1 Å². The molecule has 2 aliphatic heterocycles. The van der Waals surface area contributed by atoms with Crippen LogP contribution in [-0.2, 0) is 9.59 Å². The van der Waals surface area contributed by atoms with Crippen LogP contribution in [-0.4, -0.2) is 52.2 Å². The minimum absolute atomic E-state index is 0. The van der Waals surface area contributed by atoms with Crippen molar-refractivity contribution in [3.8, 4) is 11.5 Å². The van der Waals surface area contributed by atoms with Crippen LogP contribution in [0.2, 0.25) is 0 Å². The highest BCUT2D eigenvalue weighted by Crippen LogP contribution is 2.32. The lowest BCUT2D eigenvalue weighted by molar-refractivity contribution is -0.126. The van der Waals surface area contributed by atoms with Gasteiger partial charge in [-0.05, 0) is 31.8 Å². The lowest BCUT2D eigenvalue weighted by atomic mass is 10.0. The molecule has 0 radical (unpaired) electrons. The SMILES string of the molecule is COc1cc(OC)cc(N2CC(C(=O)NCCC3CCNC3)CC2=O)c1.Cl. The van der Waals surface area contributed by atoms with E-state index in [-0.39, 0.29) is 36.6 Å². The Kier molecular flexibility index (Phi) is 7.74. The van der Waals surface area contributed by atoms with E-state index in [1.165, 1.54) is 6.42 Å². The molecular weight excluding hydrogens is 370 g/mol. The van der Waals surface area contributed by atoms with Gasteiger partial charge < -0.3 is 25.0 Å². The van der Waals surface area contributed by atoms with Crippen LogP contribution in [0.4, 0.5) is 5.69 Å². The molecule has 2 amide bonds. The molecule has 150 valence electrons. The van der Waals surface area contributed by atoms with Gasteiger partial charge in [0.2, 0.25) is 11.8 Å². The van der Waals surface area contributed by atoms with Crippen molar-refractivity contribution in [1.29, 1.82) is 0 Å². The van der Waals surface area contributed by atoms with Crippen molar-refractivity contribution in [3.05, 3.63) is 18.2 Å². The summed E-state index contributed by atoms with van der Waals surface area (Å²) in [6.07, 6.45) is 2.38. The van der Waals surface area contributed by atoms with Gasteiger partial charge in [-0.1, -0.05) is 0 Å². The lowest BCUT2D eigenvalue weighted by Crippen LogP contribution is -2.34. The summed E-state index contributed by atoms with van der Waals surface area (Å²) in [7, 11) is 3.14. The number of amides is 2. The molecule has 0 spiro atoms. The summed E-state index contributed by atoms with van der Waals surface area (Å²) >= 11 is 0. The molecular formula is C19H28ClN3O4. The zero-order valence-electron chi connectivity index (χ0n) is 15.8. The summed E-state index contributed by atoms with van der Waals surface area (Å²) in [5.41, 5.74) is 0.693. The summed E-state index contributed by atoms with van der Waals surface area (Å²) in [5, 5.41) is 6.32. The fourth-order valence-electron chi connectivity index (χ4n) is 3.59. The number of hydrogen-bond acceptors (Lipinski definition) is 5. The van der Waals surface area contributed by atoms with Gasteiger partial charge in [-0.3, -0.25) is 9.59 Å². The molecule has 1 aromatic carbocycles. The van der Waals surface area contributed by atoms with E-state index in [0.29, 0.717) is 36.2 Å². The van der Waals surface area contributed by atoms with Crippen LogP contribution in [0.3, 0.4) is 0 Å². The van der Waals surface area contributed by atoms with Crippen LogP contribution in [0.25, 0.3) is 0 Å². The van der Waals surface area contributed by atoms with Crippen molar-refractivity contribution in [2.75, 3.05) is 45.3 Å². The number of methoxy groups -OCH3 is 2. The van der Waals surface area contributed by atoms with E-state index in [9.17, 15) is 9.59 Å². The minimum atomic E-state index is -0.318. The first-order valence-electron chi connectivity index (χ1n) is 9.12. The van der Waals surface area contributed by atoms with Crippen LogP contribution in [0, 0.1) is 11.8 Å². The van der Waals surface area contributed by atoms with E-state index in [2.05, 4.69) is 10.6 Å². The van der Waals surface area contributed by atoms with Gasteiger partial charge >= 0.3 is 0 Å². The molecule has 27 heavy (non-hydrogen) atoms. The molecule has 0 saturated carbocycles. The normalized spacial score (nSPS) is 21.7. The summed E-state index contributed by atoms with van der Waals surface area (Å²) in [5.74, 6) is 1.46. The predicted molar refractivity (Wildman–Crippen MR) is 106 cm³/mol. The standard InChI is InChI=1S/C19H27N3O4.ClH/c1-25-16-8-15(9-17(10-16)26-2)22-12-14(7-18(22)23)19(24)21-6-4-13-3-5-20-11-13;/h8-10,13-14,20H,3-7,11-12H2,1-2H3,(H,21,24);1H. The average Bonchev–Trinajstić information content (AvgIpc) is 3.30. The Morgan fingerprint density at radius 3 is 2.56 bits per heavy atom. The molecule has 2 aliphatic rings. The number of hydrogen-bond donors (Lipinski definition) is 2. The molecule has 0 aliphatic carbocycles. The first-order chi connectivity index (χ1) is 12.6. The second kappa shape index (κ2) is 9.80. The first-order valence-corrected chi connectivity index (χ1v) is 9.12. The van der Waals surface area contributed by atoms with Crippen LogP contribution >= 0.6 is 12.4 Å². The van der Waals surface area contributed by atoms with Crippen molar-refractivity contribution in [1.82, 2.24) is 10.6 Å². The van der Waals surface area contributed by atoms with Crippen LogP contribution in [0.1, 0.15) is 19.3 Å². The largest absolute Gasteiger partial charge is 0.497 e. The Hall–Kier alpha value is -1.99. The minimum Gasteiger partial charge on any atom is -0.497 e. The van der Waals surface area contributed by atoms with Gasteiger partial charge in [0.1, 0.15) is 11.5 Å².